The summed E-state index contributed by atoms with van der Waals surface area (Å²) in [6.07, 6.45) is -16.8. The van der Waals surface area contributed by atoms with E-state index in [1.165, 1.54) is 0 Å². The lowest BCUT2D eigenvalue weighted by Crippen LogP contribution is -2.65. The van der Waals surface area contributed by atoms with E-state index in [4.69, 9.17) is 14.2 Å². The highest BCUT2D eigenvalue weighted by Gasteiger charge is 2.51. The molecule has 0 bridgehead atoms. The van der Waals surface area contributed by atoms with Crippen molar-refractivity contribution in [3.63, 3.8) is 0 Å². The van der Waals surface area contributed by atoms with Gasteiger partial charge in [0.1, 0.15) is 48.8 Å². The van der Waals surface area contributed by atoms with Gasteiger partial charge in [-0.3, -0.25) is 4.79 Å². The molecule has 2 aliphatic rings. The number of benzene rings is 1. The molecule has 0 aliphatic carbocycles. The van der Waals surface area contributed by atoms with Gasteiger partial charge in [-0.2, -0.15) is 0 Å². The molecule has 11 nitrogen and oxygen atoms in total. The number of hydrogen-bond donors (Lipinski definition) is 7. The molecule has 0 unspecified atom stereocenters. The van der Waals surface area contributed by atoms with Gasteiger partial charge in [0.15, 0.2) is 18.4 Å². The molecule has 1 aromatic carbocycles. The van der Waals surface area contributed by atoms with Crippen LogP contribution in [-0.2, 0) is 25.4 Å². The third-order valence-electron chi connectivity index (χ3n) is 5.24. The fraction of sp³-hybridized carbons (Fsp3) is 0.632. The second kappa shape index (κ2) is 9.75. The molecule has 30 heavy (non-hydrogen) atoms. The summed E-state index contributed by atoms with van der Waals surface area (Å²) < 4.78 is 15.9. The fourth-order valence-corrected chi connectivity index (χ4v) is 3.49. The second-order valence-corrected chi connectivity index (χ2v) is 7.36. The van der Waals surface area contributed by atoms with Crippen molar-refractivity contribution < 1.29 is 54.8 Å². The highest BCUT2D eigenvalue weighted by molar-refractivity contribution is 5.86. The minimum absolute atomic E-state index is 0.129. The van der Waals surface area contributed by atoms with Crippen molar-refractivity contribution in [3.8, 4) is 0 Å². The van der Waals surface area contributed by atoms with Gasteiger partial charge in [-0.15, -0.1) is 0 Å². The molecule has 3 rings (SSSR count). The summed E-state index contributed by atoms with van der Waals surface area (Å²) in [7, 11) is 0. The Labute approximate surface area is 171 Å². The number of hydrogen-bond acceptors (Lipinski definition) is 11. The van der Waals surface area contributed by atoms with Gasteiger partial charge >= 0.3 is 0 Å². The van der Waals surface area contributed by atoms with Gasteiger partial charge in [-0.05, 0) is 5.56 Å². The highest BCUT2D eigenvalue weighted by atomic mass is 16.7. The minimum atomic E-state index is -1.86. The van der Waals surface area contributed by atoms with E-state index in [0.717, 1.165) is 0 Å². The average molecular weight is 430 g/mol. The van der Waals surface area contributed by atoms with Crippen LogP contribution in [0.15, 0.2) is 30.3 Å². The molecule has 0 amide bonds. The third kappa shape index (κ3) is 4.70. The van der Waals surface area contributed by atoms with Crippen LogP contribution in [0.3, 0.4) is 0 Å². The topological polar surface area (TPSA) is 186 Å². The van der Waals surface area contributed by atoms with Crippen molar-refractivity contribution in [2.24, 2.45) is 0 Å². The number of carbonyl (C=O) groups is 1. The van der Waals surface area contributed by atoms with Crippen LogP contribution in [0, 0.1) is 0 Å². The monoisotopic (exact) mass is 430 g/mol. The number of aliphatic hydroxyl groups is 7. The van der Waals surface area contributed by atoms with Crippen LogP contribution in [0.2, 0.25) is 0 Å². The molecule has 0 saturated carbocycles. The molecule has 11 heteroatoms. The van der Waals surface area contributed by atoms with Gasteiger partial charge in [-0.1, -0.05) is 30.3 Å². The Hall–Kier alpha value is -1.51. The Kier molecular flexibility index (Phi) is 7.52. The van der Waals surface area contributed by atoms with Crippen molar-refractivity contribution in [1.29, 1.82) is 0 Å². The molecule has 1 aromatic rings. The van der Waals surface area contributed by atoms with E-state index in [2.05, 4.69) is 0 Å². The number of Topliss-reactive ketones (excluding diaryl/α,β-unsaturated/α-hetero) is 1. The van der Waals surface area contributed by atoms with E-state index >= 15 is 0 Å². The smallest absolute Gasteiger partial charge is 0.187 e. The zero-order valence-electron chi connectivity index (χ0n) is 15.8. The second-order valence-electron chi connectivity index (χ2n) is 7.36. The standard InChI is InChI=1S/C19H26O11/c20-7-10-11(22)12(23)15(26)19(28-10)30-17-13(24)14(25)18(27)29-16(17)9(21)6-8-4-2-1-3-5-8/h1-5,10-20,22-27H,6-7H2/t10-,11-,12+,13-,14-,15-,16-,17+,18-,19-/m1/s1. The summed E-state index contributed by atoms with van der Waals surface area (Å²) in [6.45, 7) is -0.702. The summed E-state index contributed by atoms with van der Waals surface area (Å²) in [5.74, 6) is -0.583. The Morgan fingerprint density at radius 1 is 0.867 bits per heavy atom. The summed E-state index contributed by atoms with van der Waals surface area (Å²) in [5.41, 5.74) is 0.632. The van der Waals surface area contributed by atoms with Gasteiger partial charge in [-0.25, -0.2) is 0 Å². The minimum Gasteiger partial charge on any atom is -0.394 e. The summed E-state index contributed by atoms with van der Waals surface area (Å²) in [4.78, 5) is 12.8. The van der Waals surface area contributed by atoms with E-state index in [1.807, 2.05) is 0 Å². The zero-order valence-corrected chi connectivity index (χ0v) is 15.8. The van der Waals surface area contributed by atoms with Crippen LogP contribution in [-0.4, -0.2) is 110 Å². The molecular formula is C19H26O11. The number of aliphatic hydroxyl groups excluding tert-OH is 7. The summed E-state index contributed by atoms with van der Waals surface area (Å²) in [6, 6.07) is 8.59. The van der Waals surface area contributed by atoms with Crippen LogP contribution < -0.4 is 0 Å². The predicted octanol–water partition coefficient (Wildman–Crippen LogP) is -3.58. The number of ether oxygens (including phenoxy) is 3. The first kappa shape index (κ1) is 23.2. The highest BCUT2D eigenvalue weighted by Crippen LogP contribution is 2.29. The Bertz CT molecular complexity index is 699. The van der Waals surface area contributed by atoms with Crippen molar-refractivity contribution in [1.82, 2.24) is 0 Å². The maximum absolute atomic E-state index is 12.8. The van der Waals surface area contributed by atoms with Gasteiger partial charge in [0.25, 0.3) is 0 Å². The van der Waals surface area contributed by atoms with Crippen LogP contribution in [0.5, 0.6) is 0 Å². The number of rotatable bonds is 6. The average Bonchev–Trinajstić information content (AvgIpc) is 2.74. The maximum atomic E-state index is 12.8. The summed E-state index contributed by atoms with van der Waals surface area (Å²) >= 11 is 0. The van der Waals surface area contributed by atoms with Gasteiger partial charge in [0.2, 0.25) is 0 Å². The molecule has 2 fully saturated rings. The number of ketones is 1. The molecule has 2 heterocycles. The first-order valence-electron chi connectivity index (χ1n) is 9.47. The molecule has 168 valence electrons. The lowest BCUT2D eigenvalue weighted by Gasteiger charge is -2.45. The largest absolute Gasteiger partial charge is 0.394 e. The van der Waals surface area contributed by atoms with Crippen LogP contribution in [0.4, 0.5) is 0 Å². The van der Waals surface area contributed by atoms with E-state index in [0.29, 0.717) is 5.56 Å². The Balaban J connectivity index is 1.80. The normalized spacial score (nSPS) is 42.1. The SMILES string of the molecule is O=C(Cc1ccccc1)[C@H]1O[C@@H](O)[C@H](O)[C@@H](O)[C@@H]1O[C@H]1O[C@H](CO)[C@@H](O)[C@H](O)[C@H]1O. The predicted molar refractivity (Wildman–Crippen MR) is 96.7 cm³/mol. The molecule has 2 saturated heterocycles. The quantitative estimate of drug-likeness (QED) is 0.237. The van der Waals surface area contributed by atoms with Crippen molar-refractivity contribution in [2.75, 3.05) is 6.61 Å². The van der Waals surface area contributed by atoms with Gasteiger partial charge in [0.05, 0.1) is 6.61 Å². The molecular weight excluding hydrogens is 404 g/mol. The van der Waals surface area contributed by atoms with Crippen LogP contribution in [0.25, 0.3) is 0 Å². The van der Waals surface area contributed by atoms with E-state index in [9.17, 15) is 40.5 Å². The molecule has 7 N–H and O–H groups in total. The van der Waals surface area contributed by atoms with Gasteiger partial charge < -0.3 is 50.0 Å². The zero-order chi connectivity index (χ0) is 22.0. The van der Waals surface area contributed by atoms with Crippen molar-refractivity contribution >= 4 is 5.78 Å². The molecule has 0 aromatic heterocycles. The van der Waals surface area contributed by atoms with E-state index in [-0.39, 0.29) is 6.42 Å². The molecule has 10 atom stereocenters. The van der Waals surface area contributed by atoms with Crippen molar-refractivity contribution in [3.05, 3.63) is 35.9 Å². The first-order chi connectivity index (χ1) is 14.2. The fourth-order valence-electron chi connectivity index (χ4n) is 3.49. The van der Waals surface area contributed by atoms with Crippen LogP contribution in [0.1, 0.15) is 5.56 Å². The van der Waals surface area contributed by atoms with E-state index in [1.54, 1.807) is 30.3 Å². The Morgan fingerprint density at radius 3 is 2.17 bits per heavy atom. The molecule has 0 spiro atoms. The van der Waals surface area contributed by atoms with Gasteiger partial charge in [0, 0.05) is 6.42 Å². The third-order valence-corrected chi connectivity index (χ3v) is 5.24. The van der Waals surface area contributed by atoms with Crippen LogP contribution >= 0.6 is 0 Å². The Morgan fingerprint density at radius 2 is 1.53 bits per heavy atom. The number of carbonyl (C=O) groups excluding carboxylic acids is 1. The van der Waals surface area contributed by atoms with Crippen molar-refractivity contribution in [2.45, 2.75) is 67.8 Å². The molecule has 2 aliphatic heterocycles. The molecule has 0 radical (unpaired) electrons. The maximum Gasteiger partial charge on any atom is 0.187 e. The first-order valence-corrected chi connectivity index (χ1v) is 9.47. The lowest BCUT2D eigenvalue weighted by atomic mass is 9.92. The lowest BCUT2D eigenvalue weighted by molar-refractivity contribution is -0.349. The van der Waals surface area contributed by atoms with E-state index < -0.39 is 73.8 Å². The summed E-state index contributed by atoms with van der Waals surface area (Å²) in [5, 5.41) is 69.4.